The van der Waals surface area contributed by atoms with Gasteiger partial charge in [0.15, 0.2) is 0 Å². The first-order valence-corrected chi connectivity index (χ1v) is 2.53. The van der Waals surface area contributed by atoms with Crippen molar-refractivity contribution in [1.29, 1.82) is 0 Å². The highest BCUT2D eigenvalue weighted by Crippen LogP contribution is 1.94. The maximum absolute atomic E-state index is 7.10. The van der Waals surface area contributed by atoms with Gasteiger partial charge in [0.25, 0.3) is 0 Å². The summed E-state index contributed by atoms with van der Waals surface area (Å²) < 4.78 is 7.10. The zero-order chi connectivity index (χ0) is 6.69. The largest absolute Gasteiger partial charge is 0.326 e. The summed E-state index contributed by atoms with van der Waals surface area (Å²) in [7, 11) is 0. The lowest BCUT2D eigenvalue weighted by Gasteiger charge is -1.90. The van der Waals surface area contributed by atoms with Gasteiger partial charge in [-0.05, 0) is 5.56 Å². The predicted octanol–water partition coefficient (Wildman–Crippen LogP) is 1.15. The van der Waals surface area contributed by atoms with Gasteiger partial charge in [0.2, 0.25) is 0 Å². The molecular weight excluding hydrogens is 98.1 g/mol. The smallest absolute Gasteiger partial charge is 0.0477 e. The molecule has 0 fully saturated rings. The van der Waals surface area contributed by atoms with Crippen molar-refractivity contribution in [2.24, 2.45) is 5.73 Å². The lowest BCUT2D eigenvalue weighted by Crippen LogP contribution is -1.94. The first-order chi connectivity index (χ1) is 4.30. The van der Waals surface area contributed by atoms with Crippen LogP contribution in [-0.2, 0) is 6.52 Å². The molecule has 0 unspecified atom stereocenters. The van der Waals surface area contributed by atoms with Crippen molar-refractivity contribution in [3.63, 3.8) is 0 Å². The SMILES string of the molecule is [2H][C@H](N)c1ccccc1. The summed E-state index contributed by atoms with van der Waals surface area (Å²) in [5, 5.41) is 0. The van der Waals surface area contributed by atoms with Crippen LogP contribution in [0.25, 0.3) is 0 Å². The Morgan fingerprint density at radius 3 is 2.38 bits per heavy atom. The van der Waals surface area contributed by atoms with E-state index >= 15 is 0 Å². The molecule has 0 amide bonds. The topological polar surface area (TPSA) is 26.0 Å². The Kier molecular flexibility index (Phi) is 1.27. The van der Waals surface area contributed by atoms with Crippen LogP contribution in [0.2, 0.25) is 0 Å². The number of hydrogen-bond donors (Lipinski definition) is 1. The maximum atomic E-state index is 7.10. The summed E-state index contributed by atoms with van der Waals surface area (Å²) in [4.78, 5) is 0. The summed E-state index contributed by atoms with van der Waals surface area (Å²) in [5.41, 5.74) is 6.14. The minimum Gasteiger partial charge on any atom is -0.326 e. The monoisotopic (exact) mass is 108 g/mol. The Morgan fingerprint density at radius 2 is 2.00 bits per heavy atom. The fourth-order valence-corrected chi connectivity index (χ4v) is 0.564. The number of benzene rings is 1. The standard InChI is InChI=1S/C7H9N/c8-6-7-4-2-1-3-5-7/h1-5H,6,8H2/i6D/t6-/m0/s1. The number of nitrogens with two attached hydrogens (primary N) is 1. The fourth-order valence-electron chi connectivity index (χ4n) is 0.564. The molecule has 1 nitrogen and oxygen atoms in total. The van der Waals surface area contributed by atoms with E-state index in [9.17, 15) is 0 Å². The average molecular weight is 108 g/mol. The van der Waals surface area contributed by atoms with Crippen LogP contribution in [0.4, 0.5) is 0 Å². The van der Waals surface area contributed by atoms with Crippen molar-refractivity contribution >= 4 is 0 Å². The normalized spacial score (nSPS) is 14.9. The zero-order valence-electron chi connectivity index (χ0n) is 5.54. The fraction of sp³-hybridized carbons (Fsp3) is 0.143. The molecule has 8 heavy (non-hydrogen) atoms. The third-order valence-corrected chi connectivity index (χ3v) is 0.992. The molecule has 1 heteroatoms. The van der Waals surface area contributed by atoms with Gasteiger partial charge >= 0.3 is 0 Å². The Labute approximate surface area is 50.5 Å². The van der Waals surface area contributed by atoms with E-state index in [0.29, 0.717) is 0 Å². The molecule has 1 rings (SSSR count). The third kappa shape index (κ3) is 1.07. The summed E-state index contributed by atoms with van der Waals surface area (Å²) in [6.45, 7) is -0.591. The molecule has 0 saturated heterocycles. The van der Waals surface area contributed by atoms with E-state index in [-0.39, 0.29) is 0 Å². The van der Waals surface area contributed by atoms with Gasteiger partial charge in [-0.3, -0.25) is 0 Å². The Morgan fingerprint density at radius 1 is 1.38 bits per heavy atom. The van der Waals surface area contributed by atoms with Crippen LogP contribution in [0.3, 0.4) is 0 Å². The lowest BCUT2D eigenvalue weighted by molar-refractivity contribution is 1.07. The molecule has 0 aromatic heterocycles. The predicted molar refractivity (Wildman–Crippen MR) is 34.3 cm³/mol. The first-order valence-electron chi connectivity index (χ1n) is 3.11. The van der Waals surface area contributed by atoms with E-state index in [2.05, 4.69) is 0 Å². The molecule has 1 aromatic rings. The molecule has 0 aliphatic heterocycles. The van der Waals surface area contributed by atoms with E-state index in [1.54, 1.807) is 0 Å². The van der Waals surface area contributed by atoms with Crippen LogP contribution in [-0.4, -0.2) is 0 Å². The van der Waals surface area contributed by atoms with Crippen molar-refractivity contribution in [2.45, 2.75) is 6.52 Å². The van der Waals surface area contributed by atoms with Crippen LogP contribution in [0.15, 0.2) is 30.3 Å². The van der Waals surface area contributed by atoms with Crippen molar-refractivity contribution < 1.29 is 1.37 Å². The van der Waals surface area contributed by atoms with Gasteiger partial charge in [0.1, 0.15) is 0 Å². The second kappa shape index (κ2) is 2.48. The zero-order valence-corrected chi connectivity index (χ0v) is 4.54. The highest BCUT2D eigenvalue weighted by molar-refractivity contribution is 5.13. The van der Waals surface area contributed by atoms with Gasteiger partial charge in [0.05, 0.1) is 0 Å². The molecule has 0 saturated carbocycles. The molecule has 0 radical (unpaired) electrons. The third-order valence-electron chi connectivity index (χ3n) is 0.992. The van der Waals surface area contributed by atoms with E-state index in [0.717, 1.165) is 5.56 Å². The van der Waals surface area contributed by atoms with Gasteiger partial charge in [-0.1, -0.05) is 30.3 Å². The van der Waals surface area contributed by atoms with Crippen LogP contribution >= 0.6 is 0 Å². The molecule has 42 valence electrons. The summed E-state index contributed by atoms with van der Waals surface area (Å²) in [6.07, 6.45) is 0. The highest BCUT2D eigenvalue weighted by Gasteiger charge is 1.80. The highest BCUT2D eigenvalue weighted by atomic mass is 14.5. The summed E-state index contributed by atoms with van der Waals surface area (Å²) in [5.74, 6) is 0. The Balaban J connectivity index is 2.85. The Hall–Kier alpha value is -0.820. The van der Waals surface area contributed by atoms with Crippen molar-refractivity contribution in [3.05, 3.63) is 35.9 Å². The van der Waals surface area contributed by atoms with Gasteiger partial charge in [-0.25, -0.2) is 0 Å². The van der Waals surface area contributed by atoms with Gasteiger partial charge in [-0.15, -0.1) is 0 Å². The first kappa shape index (κ1) is 4.10. The van der Waals surface area contributed by atoms with E-state index in [1.165, 1.54) is 0 Å². The quantitative estimate of drug-likeness (QED) is 0.573. The average Bonchev–Trinajstić information content (AvgIpc) is 1.90. The van der Waals surface area contributed by atoms with E-state index < -0.39 is 6.52 Å². The van der Waals surface area contributed by atoms with Crippen LogP contribution in [0.5, 0.6) is 0 Å². The maximum Gasteiger partial charge on any atom is 0.0477 e. The molecule has 2 N–H and O–H groups in total. The molecule has 0 spiro atoms. The Bertz CT molecular complexity index is 172. The van der Waals surface area contributed by atoms with Crippen molar-refractivity contribution in [3.8, 4) is 0 Å². The molecular formula is C7H9N. The van der Waals surface area contributed by atoms with E-state index in [1.807, 2.05) is 30.3 Å². The van der Waals surface area contributed by atoms with Crippen molar-refractivity contribution in [2.75, 3.05) is 0 Å². The molecule has 0 aliphatic carbocycles. The lowest BCUT2D eigenvalue weighted by atomic mass is 10.2. The van der Waals surface area contributed by atoms with Crippen LogP contribution in [0.1, 0.15) is 6.93 Å². The van der Waals surface area contributed by atoms with Crippen LogP contribution in [0, 0.1) is 0 Å². The molecule has 1 aromatic carbocycles. The van der Waals surface area contributed by atoms with Crippen molar-refractivity contribution in [1.82, 2.24) is 0 Å². The molecule has 0 bridgehead atoms. The second-order valence-corrected chi connectivity index (χ2v) is 1.58. The molecule has 1 atom stereocenters. The molecule has 0 heterocycles. The van der Waals surface area contributed by atoms with Gasteiger partial charge < -0.3 is 5.73 Å². The number of rotatable bonds is 1. The summed E-state index contributed by atoms with van der Waals surface area (Å²) >= 11 is 0. The summed E-state index contributed by atoms with van der Waals surface area (Å²) in [6, 6.07) is 9.36. The minimum atomic E-state index is -0.591. The second-order valence-electron chi connectivity index (χ2n) is 1.58. The minimum absolute atomic E-state index is 0.591. The van der Waals surface area contributed by atoms with Gasteiger partial charge in [0, 0.05) is 7.89 Å². The van der Waals surface area contributed by atoms with Gasteiger partial charge in [-0.2, -0.15) is 0 Å². The molecule has 0 aliphatic rings. The number of hydrogen-bond acceptors (Lipinski definition) is 1. The van der Waals surface area contributed by atoms with Crippen LogP contribution < -0.4 is 5.73 Å². The van der Waals surface area contributed by atoms with E-state index in [4.69, 9.17) is 7.10 Å².